The van der Waals surface area contributed by atoms with Crippen LogP contribution in [-0.4, -0.2) is 21.6 Å². The maximum atomic E-state index is 12.5. The normalized spacial score (nSPS) is 11.0. The van der Waals surface area contributed by atoms with Crippen molar-refractivity contribution >= 4 is 18.0 Å². The predicted molar refractivity (Wildman–Crippen MR) is 114 cm³/mol. The molecule has 30 heavy (non-hydrogen) atoms. The van der Waals surface area contributed by atoms with Gasteiger partial charge in [-0.2, -0.15) is 5.26 Å². The van der Waals surface area contributed by atoms with Crippen LogP contribution in [0.1, 0.15) is 32.9 Å². The number of carbonyl (C=O) groups excluding carboxylic acids is 1. The Balaban J connectivity index is 1.85. The van der Waals surface area contributed by atoms with Gasteiger partial charge < -0.3 is 15.0 Å². The Morgan fingerprint density at radius 3 is 2.37 bits per heavy atom. The molecule has 0 atom stereocenters. The molecule has 0 saturated heterocycles. The Labute approximate surface area is 174 Å². The van der Waals surface area contributed by atoms with Gasteiger partial charge in [0.05, 0.1) is 5.56 Å². The van der Waals surface area contributed by atoms with E-state index in [-0.39, 0.29) is 11.1 Å². The summed E-state index contributed by atoms with van der Waals surface area (Å²) in [5.41, 5.74) is 4.49. The lowest BCUT2D eigenvalue weighted by atomic mass is 10.1. The maximum absolute atomic E-state index is 12.5. The first-order valence-electron chi connectivity index (χ1n) is 9.37. The molecule has 6 nitrogen and oxygen atoms in total. The summed E-state index contributed by atoms with van der Waals surface area (Å²) in [7, 11) is 0. The molecule has 0 radical (unpaired) electrons. The highest BCUT2D eigenvalue weighted by Gasteiger charge is 2.14. The van der Waals surface area contributed by atoms with Gasteiger partial charge in [0.15, 0.2) is 0 Å². The monoisotopic (exact) mass is 399 g/mol. The minimum atomic E-state index is -0.980. The minimum Gasteiger partial charge on any atom is -0.478 e. The number of aromatic carboxylic acids is 1. The second kappa shape index (κ2) is 8.93. The summed E-state index contributed by atoms with van der Waals surface area (Å²) in [4.78, 5) is 23.5. The minimum absolute atomic E-state index is 0.0207. The van der Waals surface area contributed by atoms with Gasteiger partial charge in [0.1, 0.15) is 11.6 Å². The Morgan fingerprint density at radius 2 is 1.77 bits per heavy atom. The van der Waals surface area contributed by atoms with Gasteiger partial charge in [0, 0.05) is 23.6 Å². The summed E-state index contributed by atoms with van der Waals surface area (Å²) < 4.78 is 1.95. The highest BCUT2D eigenvalue weighted by atomic mass is 16.4. The molecular weight excluding hydrogens is 378 g/mol. The summed E-state index contributed by atoms with van der Waals surface area (Å²) in [6.07, 6.45) is 1.57. The molecule has 3 rings (SSSR count). The van der Waals surface area contributed by atoms with Crippen molar-refractivity contribution in [2.45, 2.75) is 20.4 Å². The van der Waals surface area contributed by atoms with E-state index in [1.54, 1.807) is 30.3 Å². The molecule has 0 spiro atoms. The predicted octanol–water partition coefficient (Wildman–Crippen LogP) is 4.02. The van der Waals surface area contributed by atoms with E-state index in [1.165, 1.54) is 0 Å². The Morgan fingerprint density at radius 1 is 1.10 bits per heavy atom. The quantitative estimate of drug-likeness (QED) is 0.483. The van der Waals surface area contributed by atoms with Gasteiger partial charge in [-0.1, -0.05) is 30.3 Å². The van der Waals surface area contributed by atoms with E-state index < -0.39 is 11.9 Å². The third kappa shape index (κ3) is 4.47. The van der Waals surface area contributed by atoms with Gasteiger partial charge in [0.25, 0.3) is 5.91 Å². The highest BCUT2D eigenvalue weighted by molar-refractivity contribution is 6.01. The number of aryl methyl sites for hydroxylation is 1. The number of carbonyl (C=O) groups is 2. The molecular formula is C24H21N3O3. The number of hydrogen-bond donors (Lipinski definition) is 2. The van der Waals surface area contributed by atoms with E-state index >= 15 is 0 Å². The zero-order valence-corrected chi connectivity index (χ0v) is 16.7. The van der Waals surface area contributed by atoms with Crippen molar-refractivity contribution in [1.82, 2.24) is 9.88 Å². The van der Waals surface area contributed by atoms with Gasteiger partial charge in [-0.05, 0) is 61.4 Å². The molecule has 3 aromatic rings. The first kappa shape index (κ1) is 20.6. The van der Waals surface area contributed by atoms with Crippen LogP contribution in [0.15, 0.2) is 66.2 Å². The molecule has 150 valence electrons. The number of amides is 1. The van der Waals surface area contributed by atoms with Crippen LogP contribution in [0.25, 0.3) is 11.8 Å². The number of nitrogens with one attached hydrogen (secondary N) is 1. The first-order valence-corrected chi connectivity index (χ1v) is 9.37. The first-order chi connectivity index (χ1) is 14.4. The van der Waals surface area contributed by atoms with Gasteiger partial charge in [-0.3, -0.25) is 4.79 Å². The van der Waals surface area contributed by atoms with E-state index in [9.17, 15) is 14.9 Å². The molecule has 0 aliphatic carbocycles. The van der Waals surface area contributed by atoms with Crippen molar-refractivity contribution in [2.75, 3.05) is 0 Å². The molecule has 6 heteroatoms. The number of nitrogens with zero attached hydrogens (tertiary/aromatic N) is 2. The largest absolute Gasteiger partial charge is 0.478 e. The topological polar surface area (TPSA) is 95.1 Å². The molecule has 1 amide bonds. The smallest absolute Gasteiger partial charge is 0.335 e. The van der Waals surface area contributed by atoms with Gasteiger partial charge in [0.2, 0.25) is 0 Å². The summed E-state index contributed by atoms with van der Waals surface area (Å²) in [6.45, 7) is 4.14. The molecule has 2 N–H and O–H groups in total. The lowest BCUT2D eigenvalue weighted by molar-refractivity contribution is -0.117. The zero-order chi connectivity index (χ0) is 21.7. The van der Waals surface area contributed by atoms with E-state index in [0.29, 0.717) is 6.54 Å². The number of carboxylic acid groups (broad SMARTS) is 1. The molecule has 0 fully saturated rings. The number of aromatic nitrogens is 1. The molecule has 0 bridgehead atoms. The van der Waals surface area contributed by atoms with Crippen LogP contribution in [0.4, 0.5) is 0 Å². The van der Waals surface area contributed by atoms with Crippen molar-refractivity contribution < 1.29 is 14.7 Å². The highest BCUT2D eigenvalue weighted by Crippen LogP contribution is 2.23. The lowest BCUT2D eigenvalue weighted by Gasteiger charge is -2.10. The molecule has 1 heterocycles. The number of nitriles is 1. The number of benzene rings is 2. The van der Waals surface area contributed by atoms with Crippen LogP contribution in [0.3, 0.4) is 0 Å². The average molecular weight is 399 g/mol. The van der Waals surface area contributed by atoms with Crippen LogP contribution < -0.4 is 5.32 Å². The fourth-order valence-corrected chi connectivity index (χ4v) is 3.26. The van der Waals surface area contributed by atoms with E-state index in [4.69, 9.17) is 5.11 Å². The molecule has 0 aliphatic heterocycles. The summed E-state index contributed by atoms with van der Waals surface area (Å²) in [5.74, 6) is -1.41. The maximum Gasteiger partial charge on any atom is 0.335 e. The molecule has 0 saturated carbocycles. The fraction of sp³-hybridized carbons (Fsp3) is 0.125. The Bertz CT molecular complexity index is 1150. The molecule has 0 unspecified atom stereocenters. The molecule has 0 aliphatic rings. The Kier molecular flexibility index (Phi) is 6.14. The lowest BCUT2D eigenvalue weighted by Crippen LogP contribution is -2.23. The number of rotatable bonds is 6. The number of carboxylic acids is 1. The summed E-state index contributed by atoms with van der Waals surface area (Å²) in [5, 5.41) is 21.3. The standard InChI is InChI=1S/C24H21N3O3/c1-16-12-20(17(2)27(16)22-10-8-19(9-11-22)24(29)30)13-21(14-25)23(28)26-15-18-6-4-3-5-7-18/h3-13H,15H2,1-2H3,(H,26,28)(H,29,30). The van der Waals surface area contributed by atoms with Crippen molar-refractivity contribution in [3.63, 3.8) is 0 Å². The van der Waals surface area contributed by atoms with Crippen LogP contribution >= 0.6 is 0 Å². The van der Waals surface area contributed by atoms with Crippen molar-refractivity contribution in [1.29, 1.82) is 5.26 Å². The van der Waals surface area contributed by atoms with Crippen LogP contribution in [-0.2, 0) is 11.3 Å². The third-order valence-corrected chi connectivity index (χ3v) is 4.80. The third-order valence-electron chi connectivity index (χ3n) is 4.80. The average Bonchev–Trinajstić information content (AvgIpc) is 3.03. The fourth-order valence-electron chi connectivity index (χ4n) is 3.26. The van der Waals surface area contributed by atoms with E-state index in [0.717, 1.165) is 28.2 Å². The second-order valence-corrected chi connectivity index (χ2v) is 6.85. The van der Waals surface area contributed by atoms with Crippen molar-refractivity contribution in [2.24, 2.45) is 0 Å². The second-order valence-electron chi connectivity index (χ2n) is 6.85. The molecule has 2 aromatic carbocycles. The van der Waals surface area contributed by atoms with Crippen LogP contribution in [0, 0.1) is 25.2 Å². The SMILES string of the molecule is Cc1cc(C=C(C#N)C(=O)NCc2ccccc2)c(C)n1-c1ccc(C(=O)O)cc1. The van der Waals surface area contributed by atoms with Gasteiger partial charge in [-0.25, -0.2) is 4.79 Å². The number of hydrogen-bond acceptors (Lipinski definition) is 3. The molecule has 1 aromatic heterocycles. The van der Waals surface area contributed by atoms with Crippen LogP contribution in [0.2, 0.25) is 0 Å². The van der Waals surface area contributed by atoms with Gasteiger partial charge in [-0.15, -0.1) is 0 Å². The van der Waals surface area contributed by atoms with Gasteiger partial charge >= 0.3 is 5.97 Å². The van der Waals surface area contributed by atoms with Crippen LogP contribution in [0.5, 0.6) is 0 Å². The van der Waals surface area contributed by atoms with Crippen molar-refractivity contribution in [3.8, 4) is 11.8 Å². The summed E-state index contributed by atoms with van der Waals surface area (Å²) in [6, 6.07) is 19.9. The zero-order valence-electron chi connectivity index (χ0n) is 16.7. The summed E-state index contributed by atoms with van der Waals surface area (Å²) >= 11 is 0. The van der Waals surface area contributed by atoms with E-state index in [2.05, 4.69) is 5.32 Å². The van der Waals surface area contributed by atoms with E-state index in [1.807, 2.05) is 60.9 Å². The Hall–Kier alpha value is -4.11. The van der Waals surface area contributed by atoms with Crippen molar-refractivity contribution in [3.05, 3.63) is 94.3 Å².